The second-order valence-corrected chi connectivity index (χ2v) is 7.13. The largest absolute Gasteiger partial charge is 0.454 e. The van der Waals surface area contributed by atoms with Crippen molar-refractivity contribution in [3.63, 3.8) is 0 Å². The molecule has 2 heterocycles. The number of ether oxygens (including phenoxy) is 3. The highest BCUT2D eigenvalue weighted by molar-refractivity contribution is 5.78. The van der Waals surface area contributed by atoms with Gasteiger partial charge in [0, 0.05) is 38.6 Å². The predicted octanol–water partition coefficient (Wildman–Crippen LogP) is 3.57. The van der Waals surface area contributed by atoms with Crippen LogP contribution < -0.4 is 9.47 Å². The molecule has 2 aliphatic rings. The number of nitrogens with zero attached hydrogens (tertiary/aromatic N) is 1. The van der Waals surface area contributed by atoms with E-state index in [0.717, 1.165) is 48.7 Å². The third kappa shape index (κ3) is 3.93. The summed E-state index contributed by atoms with van der Waals surface area (Å²) in [5.74, 6) is 1.65. The predicted molar refractivity (Wildman–Crippen MR) is 102 cm³/mol. The summed E-state index contributed by atoms with van der Waals surface area (Å²) in [5.41, 5.74) is 2.20. The van der Waals surface area contributed by atoms with E-state index in [1.165, 1.54) is 0 Å². The molecule has 2 aliphatic heterocycles. The molecule has 5 nitrogen and oxygen atoms in total. The van der Waals surface area contributed by atoms with Crippen LogP contribution in [0.4, 0.5) is 0 Å². The fraction of sp³-hybridized carbons (Fsp3) is 0.409. The first-order chi connectivity index (χ1) is 13.2. The van der Waals surface area contributed by atoms with E-state index < -0.39 is 0 Å². The quantitative estimate of drug-likeness (QED) is 0.811. The second kappa shape index (κ2) is 8.01. The monoisotopic (exact) mass is 367 g/mol. The summed E-state index contributed by atoms with van der Waals surface area (Å²) in [6.45, 7) is 1.71. The van der Waals surface area contributed by atoms with E-state index in [4.69, 9.17) is 14.2 Å². The van der Waals surface area contributed by atoms with Gasteiger partial charge in [0.25, 0.3) is 0 Å². The van der Waals surface area contributed by atoms with Crippen LogP contribution in [-0.2, 0) is 9.53 Å². The zero-order valence-electron chi connectivity index (χ0n) is 15.6. The SMILES string of the molecule is CN(C(=O)C[C@H](c1ccccc1)c1ccc2c(c1)OCO2)C1CCOCC1. The van der Waals surface area contributed by atoms with Crippen molar-refractivity contribution in [1.82, 2.24) is 4.90 Å². The molecule has 0 N–H and O–H groups in total. The summed E-state index contributed by atoms with van der Waals surface area (Å²) in [6.07, 6.45) is 2.24. The Morgan fingerprint density at radius 1 is 1.04 bits per heavy atom. The molecule has 1 atom stereocenters. The lowest BCUT2D eigenvalue weighted by Gasteiger charge is -2.32. The maximum Gasteiger partial charge on any atom is 0.231 e. The molecule has 0 aromatic heterocycles. The molecule has 1 fully saturated rings. The smallest absolute Gasteiger partial charge is 0.231 e. The van der Waals surface area contributed by atoms with Crippen LogP contribution >= 0.6 is 0 Å². The maximum absolute atomic E-state index is 13.1. The number of fused-ring (bicyclic) bond motifs is 1. The van der Waals surface area contributed by atoms with Crippen LogP contribution in [0.3, 0.4) is 0 Å². The molecule has 1 saturated heterocycles. The highest BCUT2D eigenvalue weighted by Crippen LogP contribution is 2.38. The standard InChI is InChI=1S/C22H25NO4/c1-23(18-9-11-25-12-10-18)22(24)14-19(16-5-3-2-4-6-16)17-7-8-20-21(13-17)27-15-26-20/h2-8,13,18-19H,9-12,14-15H2,1H3/t19-/m1/s1. The Bertz CT molecular complexity index is 786. The molecule has 5 heteroatoms. The Labute approximate surface area is 159 Å². The first-order valence-corrected chi connectivity index (χ1v) is 9.50. The first kappa shape index (κ1) is 17.9. The molecular formula is C22H25NO4. The van der Waals surface area contributed by atoms with Crippen molar-refractivity contribution >= 4 is 5.91 Å². The third-order valence-electron chi connectivity index (χ3n) is 5.51. The lowest BCUT2D eigenvalue weighted by atomic mass is 9.87. The number of carbonyl (C=O) groups is 1. The summed E-state index contributed by atoms with van der Waals surface area (Å²) in [4.78, 5) is 15.0. The zero-order valence-corrected chi connectivity index (χ0v) is 15.6. The van der Waals surface area contributed by atoms with Gasteiger partial charge in [0.2, 0.25) is 12.7 Å². The van der Waals surface area contributed by atoms with Crippen molar-refractivity contribution in [2.75, 3.05) is 27.1 Å². The molecule has 27 heavy (non-hydrogen) atoms. The van der Waals surface area contributed by atoms with E-state index in [9.17, 15) is 4.79 Å². The van der Waals surface area contributed by atoms with E-state index >= 15 is 0 Å². The van der Waals surface area contributed by atoms with Gasteiger partial charge in [-0.25, -0.2) is 0 Å². The number of rotatable bonds is 5. The van der Waals surface area contributed by atoms with Gasteiger partial charge in [-0.05, 0) is 36.1 Å². The van der Waals surface area contributed by atoms with Crippen molar-refractivity contribution in [1.29, 1.82) is 0 Å². The molecule has 2 aromatic rings. The Kier molecular flexibility index (Phi) is 5.30. The molecular weight excluding hydrogens is 342 g/mol. The summed E-state index contributed by atoms with van der Waals surface area (Å²) >= 11 is 0. The summed E-state index contributed by atoms with van der Waals surface area (Å²) in [7, 11) is 1.92. The maximum atomic E-state index is 13.1. The third-order valence-corrected chi connectivity index (χ3v) is 5.51. The molecule has 0 aliphatic carbocycles. The van der Waals surface area contributed by atoms with Crippen LogP contribution in [0.5, 0.6) is 11.5 Å². The van der Waals surface area contributed by atoms with Gasteiger partial charge in [-0.2, -0.15) is 0 Å². The lowest BCUT2D eigenvalue weighted by Crippen LogP contribution is -2.41. The molecule has 0 spiro atoms. The molecule has 0 bridgehead atoms. The van der Waals surface area contributed by atoms with Crippen LogP contribution in [0.1, 0.15) is 36.3 Å². The Balaban J connectivity index is 1.58. The van der Waals surface area contributed by atoms with Gasteiger partial charge in [0.1, 0.15) is 0 Å². The van der Waals surface area contributed by atoms with Gasteiger partial charge >= 0.3 is 0 Å². The lowest BCUT2D eigenvalue weighted by molar-refractivity contribution is -0.133. The van der Waals surface area contributed by atoms with E-state index in [-0.39, 0.29) is 24.7 Å². The van der Waals surface area contributed by atoms with E-state index in [2.05, 4.69) is 12.1 Å². The van der Waals surface area contributed by atoms with E-state index in [1.807, 2.05) is 48.3 Å². The minimum absolute atomic E-state index is 0.0181. The van der Waals surface area contributed by atoms with E-state index in [1.54, 1.807) is 0 Å². The van der Waals surface area contributed by atoms with Crippen LogP contribution in [0.25, 0.3) is 0 Å². The van der Waals surface area contributed by atoms with Crippen LogP contribution in [0, 0.1) is 0 Å². The van der Waals surface area contributed by atoms with Crippen LogP contribution in [-0.4, -0.2) is 43.9 Å². The zero-order chi connectivity index (χ0) is 18.6. The highest BCUT2D eigenvalue weighted by Gasteiger charge is 2.27. The van der Waals surface area contributed by atoms with Gasteiger partial charge in [-0.3, -0.25) is 4.79 Å². The van der Waals surface area contributed by atoms with Crippen LogP contribution in [0.15, 0.2) is 48.5 Å². The first-order valence-electron chi connectivity index (χ1n) is 9.50. The topological polar surface area (TPSA) is 48.0 Å². The fourth-order valence-corrected chi connectivity index (χ4v) is 3.84. The van der Waals surface area contributed by atoms with Crippen molar-refractivity contribution in [2.24, 2.45) is 0 Å². The van der Waals surface area contributed by atoms with Crippen molar-refractivity contribution in [2.45, 2.75) is 31.2 Å². The normalized spacial score (nSPS) is 17.5. The minimum atomic E-state index is -0.0181. The number of hydrogen-bond donors (Lipinski definition) is 0. The average Bonchev–Trinajstić information content (AvgIpc) is 3.20. The fourth-order valence-electron chi connectivity index (χ4n) is 3.84. The number of hydrogen-bond acceptors (Lipinski definition) is 4. The second-order valence-electron chi connectivity index (χ2n) is 7.13. The Hall–Kier alpha value is -2.53. The van der Waals surface area contributed by atoms with Gasteiger partial charge in [0.05, 0.1) is 0 Å². The van der Waals surface area contributed by atoms with Gasteiger partial charge in [-0.15, -0.1) is 0 Å². The van der Waals surface area contributed by atoms with Gasteiger partial charge in [0.15, 0.2) is 11.5 Å². The Morgan fingerprint density at radius 2 is 1.78 bits per heavy atom. The molecule has 1 amide bonds. The molecule has 0 radical (unpaired) electrons. The summed E-state index contributed by atoms with van der Waals surface area (Å²) in [6, 6.07) is 16.4. The molecule has 0 saturated carbocycles. The number of carbonyl (C=O) groups excluding carboxylic acids is 1. The average molecular weight is 367 g/mol. The van der Waals surface area contributed by atoms with Crippen molar-refractivity contribution in [3.8, 4) is 11.5 Å². The minimum Gasteiger partial charge on any atom is -0.454 e. The van der Waals surface area contributed by atoms with E-state index in [0.29, 0.717) is 6.42 Å². The molecule has 2 aromatic carbocycles. The summed E-state index contributed by atoms with van der Waals surface area (Å²) in [5, 5.41) is 0. The Morgan fingerprint density at radius 3 is 2.56 bits per heavy atom. The molecule has 0 unspecified atom stereocenters. The van der Waals surface area contributed by atoms with Gasteiger partial charge in [-0.1, -0.05) is 36.4 Å². The van der Waals surface area contributed by atoms with Crippen molar-refractivity contribution in [3.05, 3.63) is 59.7 Å². The molecule has 4 rings (SSSR count). The van der Waals surface area contributed by atoms with Crippen molar-refractivity contribution < 1.29 is 19.0 Å². The highest BCUT2D eigenvalue weighted by atomic mass is 16.7. The van der Waals surface area contributed by atoms with Crippen LogP contribution in [0.2, 0.25) is 0 Å². The van der Waals surface area contributed by atoms with Gasteiger partial charge < -0.3 is 19.1 Å². The number of amides is 1. The summed E-state index contributed by atoms with van der Waals surface area (Å²) < 4.78 is 16.4. The molecule has 142 valence electrons. The number of benzene rings is 2.